The van der Waals surface area contributed by atoms with Gasteiger partial charge >= 0.3 is 0 Å². The molecule has 5 nitrogen and oxygen atoms in total. The van der Waals surface area contributed by atoms with Crippen molar-refractivity contribution in [2.45, 2.75) is 24.8 Å². The van der Waals surface area contributed by atoms with Crippen LogP contribution in [-0.2, 0) is 10.0 Å². The monoisotopic (exact) mass is 331 g/mol. The van der Waals surface area contributed by atoms with Crippen molar-refractivity contribution in [3.05, 3.63) is 24.3 Å². The highest BCUT2D eigenvalue weighted by atomic mass is 32.2. The number of rotatable bonds is 9. The Hall–Kier alpha value is -0.760. The molecule has 0 heterocycles. The van der Waals surface area contributed by atoms with E-state index in [9.17, 15) is 8.42 Å². The highest BCUT2D eigenvalue weighted by Gasteiger charge is 2.11. The van der Waals surface area contributed by atoms with E-state index in [-0.39, 0.29) is 5.75 Å². The summed E-state index contributed by atoms with van der Waals surface area (Å²) in [7, 11) is -1.23. The number of likely N-dealkylation sites (N-methyl/N-ethyl adjacent to an activating group) is 1. The van der Waals surface area contributed by atoms with Crippen molar-refractivity contribution < 1.29 is 8.42 Å². The van der Waals surface area contributed by atoms with E-state index in [1.165, 1.54) is 11.8 Å². The number of thioether (sulfide) groups is 1. The SMILES string of the molecule is CC(C)N(C)CCNS(=O)(=O)CCSc1cccc(N)c1. The Balaban J connectivity index is 2.30. The molecule has 120 valence electrons. The molecular formula is C14H25N3O2S2. The standard InChI is InChI=1S/C14H25N3O2S2/c1-12(2)17(3)8-7-16-21(18,19)10-9-20-14-6-4-5-13(15)11-14/h4-6,11-12,16H,7-10,15H2,1-3H3. The zero-order chi connectivity index (χ0) is 15.9. The summed E-state index contributed by atoms with van der Waals surface area (Å²) in [6, 6.07) is 7.87. The Labute approximate surface area is 132 Å². The van der Waals surface area contributed by atoms with Crippen molar-refractivity contribution in [2.75, 3.05) is 37.4 Å². The predicted molar refractivity (Wildman–Crippen MR) is 91.1 cm³/mol. The summed E-state index contributed by atoms with van der Waals surface area (Å²) >= 11 is 1.50. The van der Waals surface area contributed by atoms with Crippen LogP contribution in [0, 0.1) is 0 Å². The fourth-order valence-electron chi connectivity index (χ4n) is 1.58. The lowest BCUT2D eigenvalue weighted by atomic mass is 10.3. The first kappa shape index (κ1) is 18.3. The lowest BCUT2D eigenvalue weighted by Crippen LogP contribution is -2.37. The van der Waals surface area contributed by atoms with Crippen LogP contribution < -0.4 is 10.5 Å². The smallest absolute Gasteiger partial charge is 0.212 e. The normalized spacial score (nSPS) is 12.2. The van der Waals surface area contributed by atoms with E-state index >= 15 is 0 Å². The number of hydrogen-bond donors (Lipinski definition) is 2. The molecule has 0 aliphatic rings. The van der Waals surface area contributed by atoms with Crippen LogP contribution in [0.5, 0.6) is 0 Å². The molecule has 0 aromatic heterocycles. The van der Waals surface area contributed by atoms with E-state index in [0.717, 1.165) is 4.90 Å². The van der Waals surface area contributed by atoms with Crippen molar-refractivity contribution in [1.82, 2.24) is 9.62 Å². The molecule has 0 bridgehead atoms. The Morgan fingerprint density at radius 2 is 2.10 bits per heavy atom. The minimum atomic E-state index is -3.21. The number of sulfonamides is 1. The van der Waals surface area contributed by atoms with Crippen LogP contribution >= 0.6 is 11.8 Å². The lowest BCUT2D eigenvalue weighted by Gasteiger charge is -2.20. The minimum absolute atomic E-state index is 0.109. The number of anilines is 1. The first-order chi connectivity index (χ1) is 9.80. The molecule has 0 radical (unpaired) electrons. The Bertz CT molecular complexity index is 533. The molecule has 21 heavy (non-hydrogen) atoms. The second kappa shape index (κ2) is 8.63. The number of nitrogens with zero attached hydrogens (tertiary/aromatic N) is 1. The third kappa shape index (κ3) is 7.71. The zero-order valence-corrected chi connectivity index (χ0v) is 14.5. The van der Waals surface area contributed by atoms with Crippen molar-refractivity contribution in [3.63, 3.8) is 0 Å². The van der Waals surface area contributed by atoms with Gasteiger partial charge in [0.25, 0.3) is 0 Å². The van der Waals surface area contributed by atoms with Crippen molar-refractivity contribution >= 4 is 27.5 Å². The second-order valence-electron chi connectivity index (χ2n) is 5.21. The second-order valence-corrected chi connectivity index (χ2v) is 8.30. The fourth-order valence-corrected chi connectivity index (χ4v) is 3.97. The molecule has 0 spiro atoms. The van der Waals surface area contributed by atoms with Gasteiger partial charge < -0.3 is 10.6 Å². The lowest BCUT2D eigenvalue weighted by molar-refractivity contribution is 0.278. The summed E-state index contributed by atoms with van der Waals surface area (Å²) < 4.78 is 26.4. The number of nitrogens with two attached hydrogens (primary N) is 1. The molecule has 1 rings (SSSR count). The summed E-state index contributed by atoms with van der Waals surface area (Å²) in [6.45, 7) is 5.31. The highest BCUT2D eigenvalue weighted by Crippen LogP contribution is 2.20. The van der Waals surface area contributed by atoms with Crippen molar-refractivity contribution in [2.24, 2.45) is 0 Å². The first-order valence-corrected chi connectivity index (χ1v) is 9.60. The molecule has 0 amide bonds. The summed E-state index contributed by atoms with van der Waals surface area (Å²) in [4.78, 5) is 3.09. The van der Waals surface area contributed by atoms with Crippen molar-refractivity contribution in [1.29, 1.82) is 0 Å². The van der Waals surface area contributed by atoms with Gasteiger partial charge in [0.1, 0.15) is 0 Å². The number of hydrogen-bond acceptors (Lipinski definition) is 5. The molecule has 1 aromatic carbocycles. The van der Waals surface area contributed by atoms with Crippen LogP contribution in [0.25, 0.3) is 0 Å². The maximum Gasteiger partial charge on any atom is 0.212 e. The van der Waals surface area contributed by atoms with E-state index in [2.05, 4.69) is 23.5 Å². The predicted octanol–water partition coefficient (Wildman–Crippen LogP) is 1.62. The molecule has 0 aliphatic carbocycles. The average Bonchev–Trinajstić information content (AvgIpc) is 2.38. The quantitative estimate of drug-likeness (QED) is 0.531. The van der Waals surface area contributed by atoms with Crippen LogP contribution in [0.1, 0.15) is 13.8 Å². The maximum absolute atomic E-state index is 11.9. The van der Waals surface area contributed by atoms with Gasteiger partial charge in [0.05, 0.1) is 5.75 Å². The van der Waals surface area contributed by atoms with Crippen molar-refractivity contribution in [3.8, 4) is 0 Å². The topological polar surface area (TPSA) is 75.4 Å². The Kier molecular flexibility index (Phi) is 7.51. The molecule has 7 heteroatoms. The average molecular weight is 332 g/mol. The maximum atomic E-state index is 11.9. The van der Waals surface area contributed by atoms with Gasteiger partial charge in [-0.25, -0.2) is 13.1 Å². The van der Waals surface area contributed by atoms with Crippen LogP contribution in [0.3, 0.4) is 0 Å². The van der Waals surface area contributed by atoms with Crippen LogP contribution in [0.4, 0.5) is 5.69 Å². The molecule has 0 aliphatic heterocycles. The molecule has 0 saturated heterocycles. The van der Waals surface area contributed by atoms with Gasteiger partial charge in [-0.05, 0) is 39.1 Å². The summed E-state index contributed by atoms with van der Waals surface area (Å²) in [6.07, 6.45) is 0. The van der Waals surface area contributed by atoms with Gasteiger partial charge in [-0.3, -0.25) is 0 Å². The minimum Gasteiger partial charge on any atom is -0.399 e. The molecular weight excluding hydrogens is 306 g/mol. The van der Waals surface area contributed by atoms with Gasteiger partial charge in [0.2, 0.25) is 10.0 Å². The molecule has 0 unspecified atom stereocenters. The summed E-state index contributed by atoms with van der Waals surface area (Å²) in [5.74, 6) is 0.622. The van der Waals surface area contributed by atoms with Crippen LogP contribution in [0.15, 0.2) is 29.2 Å². The van der Waals surface area contributed by atoms with E-state index in [1.54, 1.807) is 0 Å². The third-order valence-corrected chi connectivity index (χ3v) is 5.79. The first-order valence-electron chi connectivity index (χ1n) is 6.96. The van der Waals surface area contributed by atoms with Crippen LogP contribution in [-0.4, -0.2) is 51.0 Å². The van der Waals surface area contributed by atoms with Gasteiger partial charge in [-0.2, -0.15) is 0 Å². The summed E-state index contributed by atoms with van der Waals surface area (Å²) in [5, 5.41) is 0. The van der Waals surface area contributed by atoms with E-state index in [4.69, 9.17) is 5.73 Å². The molecule has 0 saturated carbocycles. The van der Waals surface area contributed by atoms with Gasteiger partial charge in [0.15, 0.2) is 0 Å². The largest absolute Gasteiger partial charge is 0.399 e. The Morgan fingerprint density at radius 3 is 2.71 bits per heavy atom. The third-order valence-electron chi connectivity index (χ3n) is 3.15. The molecule has 0 fully saturated rings. The summed E-state index contributed by atoms with van der Waals surface area (Å²) in [5.41, 5.74) is 6.38. The Morgan fingerprint density at radius 1 is 1.38 bits per heavy atom. The highest BCUT2D eigenvalue weighted by molar-refractivity contribution is 8.00. The molecule has 1 aromatic rings. The number of nitrogens with one attached hydrogen (secondary N) is 1. The molecule has 0 atom stereocenters. The van der Waals surface area contributed by atoms with Gasteiger partial charge in [-0.1, -0.05) is 6.07 Å². The van der Waals surface area contributed by atoms with Crippen LogP contribution in [0.2, 0.25) is 0 Å². The number of nitrogen functional groups attached to an aromatic ring is 1. The van der Waals surface area contributed by atoms with E-state index in [0.29, 0.717) is 30.6 Å². The zero-order valence-electron chi connectivity index (χ0n) is 12.9. The molecule has 3 N–H and O–H groups in total. The van der Waals surface area contributed by atoms with E-state index < -0.39 is 10.0 Å². The fraction of sp³-hybridized carbons (Fsp3) is 0.571. The van der Waals surface area contributed by atoms with Gasteiger partial charge in [-0.15, -0.1) is 11.8 Å². The number of benzene rings is 1. The van der Waals surface area contributed by atoms with Gasteiger partial charge in [0, 0.05) is 35.5 Å². The van der Waals surface area contributed by atoms with E-state index in [1.807, 2.05) is 31.3 Å².